The van der Waals surface area contributed by atoms with Crippen LogP contribution in [-0.2, 0) is 23.9 Å². The van der Waals surface area contributed by atoms with Crippen molar-refractivity contribution in [1.29, 1.82) is 0 Å². The smallest absolute Gasteiger partial charge is 0.303 e. The fourth-order valence-electron chi connectivity index (χ4n) is 8.76. The molecule has 5 nitrogen and oxygen atoms in total. The quantitative estimate of drug-likeness (QED) is 0.525. The third-order valence-electron chi connectivity index (χ3n) is 10.2. The molecule has 0 radical (unpaired) electrons. The first-order valence-corrected chi connectivity index (χ1v) is 11.3. The third-order valence-corrected chi connectivity index (χ3v) is 10.2. The molecule has 0 N–H and O–H groups in total. The van der Waals surface area contributed by atoms with Gasteiger partial charge in [-0.25, -0.2) is 0 Å². The number of hydrogen-bond donors (Lipinski definition) is 0. The number of carbonyl (C=O) groups is 3. The van der Waals surface area contributed by atoms with Crippen molar-refractivity contribution in [3.63, 3.8) is 0 Å². The number of esters is 1. The Morgan fingerprint density at radius 2 is 1.79 bits per heavy atom. The van der Waals surface area contributed by atoms with Crippen molar-refractivity contribution in [3.8, 4) is 0 Å². The second-order valence-corrected chi connectivity index (χ2v) is 11.0. The lowest BCUT2D eigenvalue weighted by Gasteiger charge is -2.57. The highest BCUT2D eigenvalue weighted by Crippen LogP contribution is 2.75. The average molecular weight is 398 g/mol. The molecule has 0 spiro atoms. The van der Waals surface area contributed by atoms with E-state index in [4.69, 9.17) is 9.47 Å². The summed E-state index contributed by atoms with van der Waals surface area (Å²) in [6.45, 7) is 7.57. The van der Waals surface area contributed by atoms with Crippen LogP contribution in [0.1, 0.15) is 66.2 Å². The monoisotopic (exact) mass is 398 g/mol. The molecule has 5 fully saturated rings. The molecule has 0 aromatic carbocycles. The first-order chi connectivity index (χ1) is 13.6. The minimum Gasteiger partial charge on any atom is -0.483 e. The van der Waals surface area contributed by atoms with Gasteiger partial charge in [0.15, 0.2) is 17.5 Å². The fraction of sp³-hybridized carbons (Fsp3) is 0.792. The summed E-state index contributed by atoms with van der Waals surface area (Å²) in [5.41, 5.74) is 0.0192. The van der Waals surface area contributed by atoms with Crippen molar-refractivity contribution < 1.29 is 23.9 Å². The summed E-state index contributed by atoms with van der Waals surface area (Å²) in [5.74, 6) is 3.02. The maximum Gasteiger partial charge on any atom is 0.303 e. The van der Waals surface area contributed by atoms with E-state index in [1.165, 1.54) is 12.5 Å². The van der Waals surface area contributed by atoms with E-state index in [1.54, 1.807) is 6.92 Å². The summed E-state index contributed by atoms with van der Waals surface area (Å²) in [7, 11) is 0. The second-order valence-electron chi connectivity index (χ2n) is 11.0. The van der Waals surface area contributed by atoms with Crippen LogP contribution in [-0.4, -0.2) is 29.2 Å². The number of carbonyl (C=O) groups excluding carboxylic acids is 3. The van der Waals surface area contributed by atoms with Gasteiger partial charge in [0.25, 0.3) is 0 Å². The second kappa shape index (κ2) is 5.15. The van der Waals surface area contributed by atoms with Gasteiger partial charge in [0.1, 0.15) is 11.5 Å². The number of Topliss-reactive ketones (excluding diaryl/α,β-unsaturated/α-hetero) is 2. The number of ether oxygens (including phenoxy) is 2. The molecule has 4 saturated carbocycles. The number of fused-ring (bicyclic) bond motifs is 9. The predicted octanol–water partition coefficient (Wildman–Crippen LogP) is 3.60. The Kier molecular flexibility index (Phi) is 3.22. The van der Waals surface area contributed by atoms with Gasteiger partial charge >= 0.3 is 5.97 Å². The Morgan fingerprint density at radius 3 is 2.48 bits per heavy atom. The van der Waals surface area contributed by atoms with Crippen LogP contribution < -0.4 is 0 Å². The van der Waals surface area contributed by atoms with Gasteiger partial charge in [-0.15, -0.1) is 0 Å². The molecule has 5 aliphatic carbocycles. The Morgan fingerprint density at radius 1 is 1.07 bits per heavy atom. The first-order valence-electron chi connectivity index (χ1n) is 11.3. The number of hydrogen-bond acceptors (Lipinski definition) is 5. The molecule has 6 aliphatic rings. The molecule has 5 heteroatoms. The molecule has 156 valence electrons. The van der Waals surface area contributed by atoms with Crippen LogP contribution in [0.15, 0.2) is 11.3 Å². The predicted molar refractivity (Wildman–Crippen MR) is 103 cm³/mol. The van der Waals surface area contributed by atoms with Gasteiger partial charge < -0.3 is 9.47 Å². The van der Waals surface area contributed by atoms with E-state index in [0.29, 0.717) is 42.3 Å². The van der Waals surface area contributed by atoms with Crippen molar-refractivity contribution in [2.24, 2.45) is 40.4 Å². The van der Waals surface area contributed by atoms with Crippen LogP contribution >= 0.6 is 0 Å². The minimum absolute atomic E-state index is 0.0168. The molecule has 9 atom stereocenters. The molecule has 1 saturated heterocycles. The third kappa shape index (κ3) is 1.91. The van der Waals surface area contributed by atoms with Crippen molar-refractivity contribution >= 4 is 17.5 Å². The molecule has 4 unspecified atom stereocenters. The van der Waals surface area contributed by atoms with E-state index in [1.807, 2.05) is 0 Å². The highest BCUT2D eigenvalue weighted by Gasteiger charge is 2.75. The number of ketones is 2. The molecule has 1 aliphatic heterocycles. The summed E-state index contributed by atoms with van der Waals surface area (Å²) in [5, 5.41) is 0. The van der Waals surface area contributed by atoms with Crippen molar-refractivity contribution in [2.45, 2.75) is 77.9 Å². The Bertz CT molecular complexity index is 903. The van der Waals surface area contributed by atoms with E-state index in [2.05, 4.69) is 13.8 Å². The molecular weight excluding hydrogens is 368 g/mol. The van der Waals surface area contributed by atoms with Crippen molar-refractivity contribution in [2.75, 3.05) is 0 Å². The zero-order chi connectivity index (χ0) is 20.5. The summed E-state index contributed by atoms with van der Waals surface area (Å²) >= 11 is 0. The molecule has 0 aromatic heterocycles. The zero-order valence-corrected chi connectivity index (χ0v) is 17.7. The molecule has 0 bridgehead atoms. The lowest BCUT2D eigenvalue weighted by atomic mass is 9.46. The zero-order valence-electron chi connectivity index (χ0n) is 17.7. The number of epoxide rings is 1. The largest absolute Gasteiger partial charge is 0.483 e. The van der Waals surface area contributed by atoms with E-state index in [-0.39, 0.29) is 34.6 Å². The standard InChI is InChI=1S/C24H30O5/c1-11(25)24(29-12(2)26)8-6-14-19-15(5-7-22(14,24)3)23(4)16-9-13(16)18(27)10-17(23)20-21(19)28-20/h13-16,19,21H,5-10H2,1-4H3/t13-,14?,15?,16?,19?,21+,22+,23+,24+/m1/s1. The van der Waals surface area contributed by atoms with E-state index >= 15 is 0 Å². The normalized spacial score (nSPS) is 53.6. The summed E-state index contributed by atoms with van der Waals surface area (Å²) in [6.07, 6.45) is 5.14. The molecule has 6 rings (SSSR count). The van der Waals surface area contributed by atoms with E-state index in [0.717, 1.165) is 31.4 Å². The Balaban J connectivity index is 1.43. The van der Waals surface area contributed by atoms with Gasteiger partial charge in [0.2, 0.25) is 0 Å². The maximum absolute atomic E-state index is 12.8. The number of rotatable bonds is 2. The van der Waals surface area contributed by atoms with Crippen LogP contribution in [0.2, 0.25) is 0 Å². The summed E-state index contributed by atoms with van der Waals surface area (Å²) in [4.78, 5) is 37.3. The number of allylic oxidation sites excluding steroid dienone is 1. The Hall–Kier alpha value is -1.65. The van der Waals surface area contributed by atoms with Crippen LogP contribution in [0.4, 0.5) is 0 Å². The van der Waals surface area contributed by atoms with Gasteiger partial charge in [-0.2, -0.15) is 0 Å². The lowest BCUT2D eigenvalue weighted by Crippen LogP contribution is -2.59. The van der Waals surface area contributed by atoms with Crippen LogP contribution in [0, 0.1) is 40.4 Å². The maximum atomic E-state index is 12.8. The highest BCUT2D eigenvalue weighted by atomic mass is 16.6. The van der Waals surface area contributed by atoms with Gasteiger partial charge in [-0.05, 0) is 67.8 Å². The van der Waals surface area contributed by atoms with Gasteiger partial charge in [-0.1, -0.05) is 13.8 Å². The average Bonchev–Trinajstić information content (AvgIpc) is 3.54. The van der Waals surface area contributed by atoms with Crippen LogP contribution in [0.5, 0.6) is 0 Å². The molecule has 29 heavy (non-hydrogen) atoms. The molecular formula is C24H30O5. The first kappa shape index (κ1) is 18.1. The highest BCUT2D eigenvalue weighted by molar-refractivity contribution is 5.90. The van der Waals surface area contributed by atoms with Gasteiger partial charge in [0.05, 0.1) is 0 Å². The molecule has 1 heterocycles. The van der Waals surface area contributed by atoms with Gasteiger partial charge in [0, 0.05) is 30.6 Å². The molecule has 0 aromatic rings. The summed E-state index contributed by atoms with van der Waals surface area (Å²) < 4.78 is 12.0. The van der Waals surface area contributed by atoms with Crippen molar-refractivity contribution in [3.05, 3.63) is 11.3 Å². The van der Waals surface area contributed by atoms with Crippen molar-refractivity contribution in [1.82, 2.24) is 0 Å². The summed E-state index contributed by atoms with van der Waals surface area (Å²) in [6, 6.07) is 0. The molecule has 0 amide bonds. The lowest BCUT2D eigenvalue weighted by molar-refractivity contribution is -0.187. The van der Waals surface area contributed by atoms with E-state index in [9.17, 15) is 14.4 Å². The Labute approximate surface area is 171 Å². The SMILES string of the molecule is CC(=O)O[C@]1(C(C)=O)CCC2C3C(CC[C@@]21C)[C@]1(C)C(=C2O[C@H]23)CC(=O)[C@@H]2CC21. The van der Waals surface area contributed by atoms with Crippen LogP contribution in [0.3, 0.4) is 0 Å². The van der Waals surface area contributed by atoms with E-state index < -0.39 is 5.60 Å². The fourth-order valence-corrected chi connectivity index (χ4v) is 8.76. The topological polar surface area (TPSA) is 73.0 Å². The minimum atomic E-state index is -1.00. The van der Waals surface area contributed by atoms with Gasteiger partial charge in [-0.3, -0.25) is 14.4 Å². The van der Waals surface area contributed by atoms with Crippen LogP contribution in [0.25, 0.3) is 0 Å².